The van der Waals surface area contributed by atoms with Crippen LogP contribution in [0.25, 0.3) is 0 Å². The van der Waals surface area contributed by atoms with Gasteiger partial charge in [0.1, 0.15) is 0 Å². The summed E-state index contributed by atoms with van der Waals surface area (Å²) in [5.41, 5.74) is 6.77. The minimum atomic E-state index is 0.625. The van der Waals surface area contributed by atoms with Crippen molar-refractivity contribution in [3.8, 4) is 0 Å². The molecule has 0 aromatic carbocycles. The molecule has 5 nitrogen and oxygen atoms in total. The van der Waals surface area contributed by atoms with Gasteiger partial charge in [-0.25, -0.2) is 0 Å². The summed E-state index contributed by atoms with van der Waals surface area (Å²) in [5, 5.41) is 4.75. The molecule has 20 heavy (non-hydrogen) atoms. The second-order valence-electron chi connectivity index (χ2n) is 5.64. The molecule has 0 unspecified atom stereocenters. The van der Waals surface area contributed by atoms with Gasteiger partial charge in [-0.1, -0.05) is 12.8 Å². The third-order valence-corrected chi connectivity index (χ3v) is 4.04. The second-order valence-corrected chi connectivity index (χ2v) is 5.64. The molecule has 2 N–H and O–H groups in total. The van der Waals surface area contributed by atoms with Crippen LogP contribution in [0.2, 0.25) is 0 Å². The summed E-state index contributed by atoms with van der Waals surface area (Å²) in [7, 11) is 1.75. The monoisotopic (exact) mass is 280 g/mol. The van der Waals surface area contributed by atoms with Crippen molar-refractivity contribution in [2.45, 2.75) is 44.7 Å². The van der Waals surface area contributed by atoms with E-state index in [1.54, 1.807) is 7.11 Å². The predicted molar refractivity (Wildman–Crippen MR) is 80.6 cm³/mol. The van der Waals surface area contributed by atoms with E-state index in [-0.39, 0.29) is 0 Å². The van der Waals surface area contributed by atoms with Crippen molar-refractivity contribution >= 4 is 0 Å². The van der Waals surface area contributed by atoms with Crippen LogP contribution in [0.4, 0.5) is 0 Å². The van der Waals surface area contributed by atoms with Gasteiger partial charge in [0, 0.05) is 26.4 Å². The summed E-state index contributed by atoms with van der Waals surface area (Å²) in [6.07, 6.45) is 8.41. The molecule has 0 amide bonds. The average molecular weight is 280 g/mol. The van der Waals surface area contributed by atoms with E-state index in [0.717, 1.165) is 44.9 Å². The van der Waals surface area contributed by atoms with Gasteiger partial charge in [0.2, 0.25) is 0 Å². The standard InChI is InChI=1S/C15H28N4O/c1-20-12-11-18(9-4-8-16)13-14-7-10-19(17-14)15-5-2-3-6-15/h7,10,15H,2-6,8-9,11-13,16H2,1H3. The first-order chi connectivity index (χ1) is 9.83. The lowest BCUT2D eigenvalue weighted by atomic mass is 10.3. The number of methoxy groups -OCH3 is 1. The number of ether oxygens (including phenoxy) is 1. The van der Waals surface area contributed by atoms with Gasteiger partial charge in [0.15, 0.2) is 0 Å². The lowest BCUT2D eigenvalue weighted by Crippen LogP contribution is -2.29. The smallest absolute Gasteiger partial charge is 0.0764 e. The molecule has 1 aromatic heterocycles. The van der Waals surface area contributed by atoms with Gasteiger partial charge in [-0.2, -0.15) is 5.10 Å². The zero-order valence-corrected chi connectivity index (χ0v) is 12.6. The van der Waals surface area contributed by atoms with Gasteiger partial charge in [0.25, 0.3) is 0 Å². The van der Waals surface area contributed by atoms with E-state index in [1.807, 2.05) is 0 Å². The Hall–Kier alpha value is -0.910. The second kappa shape index (κ2) is 8.39. The van der Waals surface area contributed by atoms with Crippen LogP contribution >= 0.6 is 0 Å². The predicted octanol–water partition coefficient (Wildman–Crippen LogP) is 1.80. The van der Waals surface area contributed by atoms with Gasteiger partial charge in [0.05, 0.1) is 18.3 Å². The molecule has 0 spiro atoms. The summed E-state index contributed by atoms with van der Waals surface area (Å²) in [6, 6.07) is 2.78. The maximum Gasteiger partial charge on any atom is 0.0764 e. The molecule has 0 saturated heterocycles. The van der Waals surface area contributed by atoms with Gasteiger partial charge >= 0.3 is 0 Å². The third-order valence-electron chi connectivity index (χ3n) is 4.04. The minimum Gasteiger partial charge on any atom is -0.383 e. The van der Waals surface area contributed by atoms with Crippen LogP contribution in [-0.4, -0.2) is 48.0 Å². The molecule has 2 rings (SSSR count). The zero-order valence-electron chi connectivity index (χ0n) is 12.6. The van der Waals surface area contributed by atoms with Crippen LogP contribution < -0.4 is 5.73 Å². The summed E-state index contributed by atoms with van der Waals surface area (Å²) < 4.78 is 7.34. The highest BCUT2D eigenvalue weighted by Gasteiger charge is 2.18. The van der Waals surface area contributed by atoms with Crippen LogP contribution in [-0.2, 0) is 11.3 Å². The Bertz CT molecular complexity index is 366. The highest BCUT2D eigenvalue weighted by Crippen LogP contribution is 2.28. The fourth-order valence-electron chi connectivity index (χ4n) is 2.87. The van der Waals surface area contributed by atoms with Crippen molar-refractivity contribution in [2.75, 3.05) is 33.4 Å². The van der Waals surface area contributed by atoms with E-state index in [2.05, 4.69) is 21.8 Å². The minimum absolute atomic E-state index is 0.625. The van der Waals surface area contributed by atoms with Crippen molar-refractivity contribution in [1.82, 2.24) is 14.7 Å². The van der Waals surface area contributed by atoms with E-state index in [1.165, 1.54) is 25.7 Å². The van der Waals surface area contributed by atoms with Crippen LogP contribution in [0.5, 0.6) is 0 Å². The normalized spacial score (nSPS) is 16.4. The first-order valence-corrected chi connectivity index (χ1v) is 7.79. The van der Waals surface area contributed by atoms with Gasteiger partial charge in [-0.15, -0.1) is 0 Å². The largest absolute Gasteiger partial charge is 0.383 e. The van der Waals surface area contributed by atoms with Crippen LogP contribution in [0, 0.1) is 0 Å². The molecular weight excluding hydrogens is 252 g/mol. The van der Waals surface area contributed by atoms with Gasteiger partial charge < -0.3 is 10.5 Å². The lowest BCUT2D eigenvalue weighted by molar-refractivity contribution is 0.142. The first kappa shape index (κ1) is 15.5. The molecule has 114 valence electrons. The van der Waals surface area contributed by atoms with Crippen LogP contribution in [0.1, 0.15) is 43.8 Å². The van der Waals surface area contributed by atoms with Gasteiger partial charge in [-0.05, 0) is 38.4 Å². The summed E-state index contributed by atoms with van der Waals surface area (Å²) in [6.45, 7) is 4.33. The number of nitrogens with two attached hydrogens (primary N) is 1. The molecule has 0 radical (unpaired) electrons. The van der Waals surface area contributed by atoms with Gasteiger partial charge in [-0.3, -0.25) is 9.58 Å². The highest BCUT2D eigenvalue weighted by molar-refractivity contribution is 5.00. The molecule has 1 aromatic rings. The third kappa shape index (κ3) is 4.58. The average Bonchev–Trinajstić information content (AvgIpc) is 3.12. The van der Waals surface area contributed by atoms with Crippen LogP contribution in [0.15, 0.2) is 12.3 Å². The Morgan fingerprint density at radius 2 is 2.20 bits per heavy atom. The first-order valence-electron chi connectivity index (χ1n) is 7.79. The topological polar surface area (TPSA) is 56.3 Å². The van der Waals surface area contributed by atoms with Crippen molar-refractivity contribution in [3.05, 3.63) is 18.0 Å². The van der Waals surface area contributed by atoms with E-state index >= 15 is 0 Å². The quantitative estimate of drug-likeness (QED) is 0.749. The number of nitrogens with zero attached hydrogens (tertiary/aromatic N) is 3. The summed E-state index contributed by atoms with van der Waals surface area (Å²) >= 11 is 0. The molecule has 1 aliphatic carbocycles. The molecular formula is C15H28N4O. The van der Waals surface area contributed by atoms with E-state index in [0.29, 0.717) is 6.04 Å². The Kier molecular flexibility index (Phi) is 6.50. The van der Waals surface area contributed by atoms with E-state index in [9.17, 15) is 0 Å². The lowest BCUT2D eigenvalue weighted by Gasteiger charge is -2.20. The maximum atomic E-state index is 5.61. The Labute approximate surface area is 122 Å². The molecule has 5 heteroatoms. The molecule has 0 bridgehead atoms. The van der Waals surface area contributed by atoms with Crippen molar-refractivity contribution in [2.24, 2.45) is 5.73 Å². The van der Waals surface area contributed by atoms with Crippen molar-refractivity contribution < 1.29 is 4.74 Å². The van der Waals surface area contributed by atoms with E-state index < -0.39 is 0 Å². The molecule has 0 atom stereocenters. The number of rotatable bonds is 9. The van der Waals surface area contributed by atoms with Crippen LogP contribution in [0.3, 0.4) is 0 Å². The fraction of sp³-hybridized carbons (Fsp3) is 0.800. The summed E-state index contributed by atoms with van der Waals surface area (Å²) in [4.78, 5) is 2.37. The van der Waals surface area contributed by atoms with Crippen molar-refractivity contribution in [3.63, 3.8) is 0 Å². The zero-order chi connectivity index (χ0) is 14.2. The van der Waals surface area contributed by atoms with E-state index in [4.69, 9.17) is 15.6 Å². The Morgan fingerprint density at radius 1 is 1.40 bits per heavy atom. The summed E-state index contributed by atoms with van der Waals surface area (Å²) in [5.74, 6) is 0. The molecule has 0 aliphatic heterocycles. The molecule has 1 saturated carbocycles. The number of hydrogen-bond acceptors (Lipinski definition) is 4. The Morgan fingerprint density at radius 3 is 2.90 bits per heavy atom. The van der Waals surface area contributed by atoms with Crippen molar-refractivity contribution in [1.29, 1.82) is 0 Å². The molecule has 1 aliphatic rings. The number of aromatic nitrogens is 2. The fourth-order valence-corrected chi connectivity index (χ4v) is 2.87. The number of hydrogen-bond donors (Lipinski definition) is 1. The SMILES string of the molecule is COCCN(CCCN)Cc1ccn(C2CCCC2)n1. The molecule has 1 heterocycles. The Balaban J connectivity index is 1.87. The highest BCUT2D eigenvalue weighted by atomic mass is 16.5. The maximum absolute atomic E-state index is 5.61. The molecule has 1 fully saturated rings.